The van der Waals surface area contributed by atoms with E-state index in [9.17, 15) is 0 Å². The SMILES string of the molecule is C#CC=NC1=C(C)CSc2cc(C)ccc2C1=C1CCNCC1. The maximum absolute atomic E-state index is 5.42. The number of hydrogen-bond donors (Lipinski definition) is 1. The Labute approximate surface area is 143 Å². The summed E-state index contributed by atoms with van der Waals surface area (Å²) in [4.78, 5) is 6.01. The van der Waals surface area contributed by atoms with Gasteiger partial charge in [-0.25, -0.2) is 4.99 Å². The normalized spacial score (nSPS) is 18.8. The highest BCUT2D eigenvalue weighted by atomic mass is 32.2. The number of aliphatic imine (C=N–C) groups is 1. The maximum atomic E-state index is 5.42. The minimum Gasteiger partial charge on any atom is -0.316 e. The molecule has 0 radical (unpaired) electrons. The predicted octanol–water partition coefficient (Wildman–Crippen LogP) is 4.22. The fourth-order valence-corrected chi connectivity index (χ4v) is 4.27. The summed E-state index contributed by atoms with van der Waals surface area (Å²) in [5, 5.41) is 3.45. The van der Waals surface area contributed by atoms with E-state index in [1.54, 1.807) is 6.21 Å². The second-order valence-corrected chi connectivity index (χ2v) is 7.09. The van der Waals surface area contributed by atoms with Crippen molar-refractivity contribution >= 4 is 23.5 Å². The molecule has 1 fully saturated rings. The molecular formula is C20H22N2S. The van der Waals surface area contributed by atoms with Crippen LogP contribution in [0.25, 0.3) is 5.57 Å². The first-order valence-corrected chi connectivity index (χ1v) is 9.04. The zero-order chi connectivity index (χ0) is 16.2. The van der Waals surface area contributed by atoms with Gasteiger partial charge >= 0.3 is 0 Å². The highest BCUT2D eigenvalue weighted by molar-refractivity contribution is 7.99. The van der Waals surface area contributed by atoms with Gasteiger partial charge in [-0.05, 0) is 62.5 Å². The summed E-state index contributed by atoms with van der Waals surface area (Å²) in [7, 11) is 0. The second kappa shape index (κ2) is 7.21. The van der Waals surface area contributed by atoms with Gasteiger partial charge in [0.15, 0.2) is 0 Å². The van der Waals surface area contributed by atoms with Crippen molar-refractivity contribution in [3.63, 3.8) is 0 Å². The van der Waals surface area contributed by atoms with Gasteiger partial charge < -0.3 is 5.32 Å². The zero-order valence-corrected chi connectivity index (χ0v) is 14.6. The molecule has 0 atom stereocenters. The fourth-order valence-electron chi connectivity index (χ4n) is 3.16. The van der Waals surface area contributed by atoms with Gasteiger partial charge in [-0.1, -0.05) is 23.6 Å². The first-order chi connectivity index (χ1) is 11.2. The Kier molecular flexibility index (Phi) is 5.05. The average molecular weight is 322 g/mol. The van der Waals surface area contributed by atoms with Gasteiger partial charge in [-0.15, -0.1) is 18.2 Å². The van der Waals surface area contributed by atoms with E-state index in [2.05, 4.69) is 48.3 Å². The van der Waals surface area contributed by atoms with Crippen LogP contribution >= 0.6 is 11.8 Å². The fraction of sp³-hybridized carbons (Fsp3) is 0.350. The summed E-state index contributed by atoms with van der Waals surface area (Å²) in [6.07, 6.45) is 9.16. The lowest BCUT2D eigenvalue weighted by atomic mass is 9.90. The number of rotatable bonds is 1. The molecule has 2 nitrogen and oxygen atoms in total. The number of thioether (sulfide) groups is 1. The van der Waals surface area contributed by atoms with Crippen LogP contribution in [0.3, 0.4) is 0 Å². The van der Waals surface area contributed by atoms with Crippen LogP contribution in [0.15, 0.2) is 44.9 Å². The molecule has 0 amide bonds. The van der Waals surface area contributed by atoms with E-state index in [1.807, 2.05) is 11.8 Å². The van der Waals surface area contributed by atoms with Crippen molar-refractivity contribution < 1.29 is 0 Å². The highest BCUT2D eigenvalue weighted by Gasteiger charge is 2.23. The third-order valence-corrected chi connectivity index (χ3v) is 5.55. The number of allylic oxidation sites excluding steroid dienone is 1. The predicted molar refractivity (Wildman–Crippen MR) is 101 cm³/mol. The van der Waals surface area contributed by atoms with Gasteiger partial charge in [0.2, 0.25) is 0 Å². The molecule has 1 N–H and O–H groups in total. The number of fused-ring (bicyclic) bond motifs is 1. The van der Waals surface area contributed by atoms with Crippen molar-refractivity contribution in [3.8, 4) is 12.3 Å². The third-order valence-electron chi connectivity index (χ3n) is 4.32. The molecule has 1 aromatic carbocycles. The molecule has 3 heteroatoms. The van der Waals surface area contributed by atoms with Crippen LogP contribution in [0.1, 0.15) is 30.9 Å². The van der Waals surface area contributed by atoms with E-state index in [4.69, 9.17) is 6.42 Å². The smallest absolute Gasteiger partial charge is 0.0771 e. The molecule has 0 saturated carbocycles. The van der Waals surface area contributed by atoms with Gasteiger partial charge in [0.1, 0.15) is 0 Å². The van der Waals surface area contributed by atoms with E-state index < -0.39 is 0 Å². The Hall–Kier alpha value is -1.76. The number of benzene rings is 1. The quantitative estimate of drug-likeness (QED) is 0.618. The summed E-state index contributed by atoms with van der Waals surface area (Å²) in [6, 6.07) is 6.75. The van der Waals surface area contributed by atoms with E-state index in [1.165, 1.54) is 32.7 Å². The lowest BCUT2D eigenvalue weighted by Crippen LogP contribution is -2.24. The van der Waals surface area contributed by atoms with Crippen molar-refractivity contribution in [2.75, 3.05) is 18.8 Å². The Bertz CT molecular complexity index is 739. The molecule has 118 valence electrons. The van der Waals surface area contributed by atoms with Gasteiger partial charge in [-0.2, -0.15) is 0 Å². The lowest BCUT2D eigenvalue weighted by Gasteiger charge is -2.22. The molecular weight excluding hydrogens is 300 g/mol. The van der Waals surface area contributed by atoms with Gasteiger partial charge in [0, 0.05) is 16.2 Å². The molecule has 0 aromatic heterocycles. The van der Waals surface area contributed by atoms with Gasteiger partial charge in [0.25, 0.3) is 0 Å². The topological polar surface area (TPSA) is 24.4 Å². The van der Waals surface area contributed by atoms with E-state index in [-0.39, 0.29) is 0 Å². The highest BCUT2D eigenvalue weighted by Crippen LogP contribution is 2.42. The molecule has 2 heterocycles. The maximum Gasteiger partial charge on any atom is 0.0771 e. The second-order valence-electron chi connectivity index (χ2n) is 6.07. The average Bonchev–Trinajstić information content (AvgIpc) is 2.70. The summed E-state index contributed by atoms with van der Waals surface area (Å²) in [5.41, 5.74) is 7.82. The molecule has 0 aliphatic carbocycles. The lowest BCUT2D eigenvalue weighted by molar-refractivity contribution is 0.611. The van der Waals surface area contributed by atoms with E-state index in [0.29, 0.717) is 0 Å². The summed E-state index contributed by atoms with van der Waals surface area (Å²) in [5.74, 6) is 3.51. The molecule has 1 aromatic rings. The zero-order valence-electron chi connectivity index (χ0n) is 13.8. The Morgan fingerprint density at radius 1 is 1.26 bits per heavy atom. The van der Waals surface area contributed by atoms with E-state index in [0.717, 1.165) is 37.4 Å². The summed E-state index contributed by atoms with van der Waals surface area (Å²) >= 11 is 1.90. The number of nitrogens with one attached hydrogen (secondary N) is 1. The largest absolute Gasteiger partial charge is 0.316 e. The third kappa shape index (κ3) is 3.44. The van der Waals surface area contributed by atoms with Crippen LogP contribution < -0.4 is 5.32 Å². The Balaban J connectivity index is 2.23. The first-order valence-electron chi connectivity index (χ1n) is 8.06. The number of nitrogens with zero attached hydrogens (tertiary/aromatic N) is 1. The molecule has 23 heavy (non-hydrogen) atoms. The first kappa shape index (κ1) is 16.1. The summed E-state index contributed by atoms with van der Waals surface area (Å²) < 4.78 is 0. The number of hydrogen-bond acceptors (Lipinski definition) is 3. The van der Waals surface area contributed by atoms with Crippen LogP contribution in [0.4, 0.5) is 0 Å². The Morgan fingerprint density at radius 3 is 2.78 bits per heavy atom. The molecule has 1 saturated heterocycles. The van der Waals surface area contributed by atoms with Crippen LogP contribution in [0.2, 0.25) is 0 Å². The molecule has 0 spiro atoms. The van der Waals surface area contributed by atoms with Crippen LogP contribution in [-0.4, -0.2) is 25.1 Å². The van der Waals surface area contributed by atoms with E-state index >= 15 is 0 Å². The number of piperidine rings is 1. The number of aryl methyl sites for hydroxylation is 1. The Morgan fingerprint density at radius 2 is 2.04 bits per heavy atom. The van der Waals surface area contributed by atoms with Crippen LogP contribution in [0, 0.1) is 19.3 Å². The standard InChI is InChI=1S/C20H22N2S/c1-4-9-22-20-15(3)13-23-18-12-14(2)5-6-17(18)19(20)16-7-10-21-11-8-16/h1,5-6,9,12,21H,7-8,10-11,13H2,2-3H3. The molecule has 2 aliphatic rings. The summed E-state index contributed by atoms with van der Waals surface area (Å²) in [6.45, 7) is 6.41. The van der Waals surface area contributed by atoms with Crippen molar-refractivity contribution in [1.82, 2.24) is 5.32 Å². The van der Waals surface area contributed by atoms with Crippen molar-refractivity contribution in [2.24, 2.45) is 4.99 Å². The molecule has 0 bridgehead atoms. The molecule has 0 unspecified atom stereocenters. The van der Waals surface area contributed by atoms with Crippen LogP contribution in [0.5, 0.6) is 0 Å². The van der Waals surface area contributed by atoms with Crippen molar-refractivity contribution in [1.29, 1.82) is 0 Å². The minimum absolute atomic E-state index is 0.961. The minimum atomic E-state index is 0.961. The number of terminal acetylenes is 1. The van der Waals surface area contributed by atoms with Gasteiger partial charge in [0.05, 0.1) is 11.9 Å². The van der Waals surface area contributed by atoms with Crippen molar-refractivity contribution in [2.45, 2.75) is 31.6 Å². The molecule has 2 aliphatic heterocycles. The monoisotopic (exact) mass is 322 g/mol. The van der Waals surface area contributed by atoms with Gasteiger partial charge in [-0.3, -0.25) is 0 Å². The molecule has 3 rings (SSSR count). The van der Waals surface area contributed by atoms with Crippen LogP contribution in [-0.2, 0) is 0 Å². The van der Waals surface area contributed by atoms with Crippen molar-refractivity contribution in [3.05, 3.63) is 46.2 Å².